The van der Waals surface area contributed by atoms with E-state index >= 15 is 0 Å². The van der Waals surface area contributed by atoms with E-state index in [4.69, 9.17) is 9.47 Å². The number of amides is 2. The molecule has 2 saturated heterocycles. The number of anilines is 1. The number of hydrogen-bond donors (Lipinski definition) is 1. The van der Waals surface area contributed by atoms with Crippen LogP contribution in [0.3, 0.4) is 0 Å². The van der Waals surface area contributed by atoms with E-state index in [1.807, 2.05) is 19.1 Å². The molecule has 8 nitrogen and oxygen atoms in total. The van der Waals surface area contributed by atoms with Gasteiger partial charge in [0.25, 0.3) is 0 Å². The number of carbonyl (C=O) groups is 3. The zero-order valence-electron chi connectivity index (χ0n) is 14.6. The van der Waals surface area contributed by atoms with Gasteiger partial charge in [0.15, 0.2) is 6.04 Å². The van der Waals surface area contributed by atoms with Gasteiger partial charge in [-0.05, 0) is 19.1 Å². The van der Waals surface area contributed by atoms with Crippen LogP contribution >= 0.6 is 0 Å². The van der Waals surface area contributed by atoms with Crippen molar-refractivity contribution in [2.24, 2.45) is 5.92 Å². The minimum Gasteiger partial charge on any atom is -0.492 e. The molecule has 0 radical (unpaired) electrons. The molecular weight excluding hydrogens is 340 g/mol. The molecule has 0 aromatic heterocycles. The smallest absolute Gasteiger partial charge is 0.328 e. The topological polar surface area (TPSA) is 96.4 Å². The number of carboxylic acid groups (broad SMARTS) is 1. The monoisotopic (exact) mass is 362 g/mol. The molecule has 2 fully saturated rings. The fourth-order valence-electron chi connectivity index (χ4n) is 3.37. The molecule has 0 saturated carbocycles. The van der Waals surface area contributed by atoms with Crippen molar-refractivity contribution in [2.75, 3.05) is 37.8 Å². The molecule has 0 bridgehead atoms. The first kappa shape index (κ1) is 18.2. The number of ether oxygens (including phenoxy) is 2. The van der Waals surface area contributed by atoms with Crippen molar-refractivity contribution in [3.63, 3.8) is 0 Å². The van der Waals surface area contributed by atoms with Gasteiger partial charge in [0.05, 0.1) is 31.4 Å². The van der Waals surface area contributed by atoms with E-state index in [1.54, 1.807) is 17.0 Å². The standard InChI is InChI=1S/C18H22N2O6/c1-2-26-15-6-4-3-5-13(15)20-10-12(9-16(20)21)17(22)19-7-8-25-11-14(19)18(23)24/h3-6,12,14H,2,7-11H2,1H3,(H,23,24)/t12-,14-/m0/s1. The number of nitrogens with zero attached hydrogens (tertiary/aromatic N) is 2. The lowest BCUT2D eigenvalue weighted by Gasteiger charge is -2.34. The lowest BCUT2D eigenvalue weighted by atomic mass is 10.1. The van der Waals surface area contributed by atoms with Crippen molar-refractivity contribution in [2.45, 2.75) is 19.4 Å². The molecule has 1 aromatic carbocycles. The van der Waals surface area contributed by atoms with E-state index in [0.717, 1.165) is 0 Å². The number of carbonyl (C=O) groups excluding carboxylic acids is 2. The molecule has 140 valence electrons. The van der Waals surface area contributed by atoms with Gasteiger partial charge in [-0.1, -0.05) is 12.1 Å². The first-order valence-corrected chi connectivity index (χ1v) is 8.66. The Kier molecular flexibility index (Phi) is 5.41. The third kappa shape index (κ3) is 3.50. The first-order valence-electron chi connectivity index (χ1n) is 8.66. The largest absolute Gasteiger partial charge is 0.492 e. The lowest BCUT2D eigenvalue weighted by molar-refractivity contribution is -0.160. The number of hydrogen-bond acceptors (Lipinski definition) is 5. The van der Waals surface area contributed by atoms with Gasteiger partial charge in [-0.25, -0.2) is 4.79 Å². The lowest BCUT2D eigenvalue weighted by Crippen LogP contribution is -2.54. The van der Waals surface area contributed by atoms with Crippen LogP contribution in [0, 0.1) is 5.92 Å². The molecule has 1 N–H and O–H groups in total. The minimum atomic E-state index is -1.10. The highest BCUT2D eigenvalue weighted by molar-refractivity contribution is 6.01. The third-order valence-corrected chi connectivity index (χ3v) is 4.63. The summed E-state index contributed by atoms with van der Waals surface area (Å²) in [7, 11) is 0. The highest BCUT2D eigenvalue weighted by Gasteiger charge is 2.42. The van der Waals surface area contributed by atoms with E-state index in [-0.39, 0.29) is 37.9 Å². The average Bonchev–Trinajstić information content (AvgIpc) is 3.03. The molecule has 0 aliphatic carbocycles. The SMILES string of the molecule is CCOc1ccccc1N1C[C@@H](C(=O)N2CCOC[C@H]2C(=O)O)CC1=O. The Labute approximate surface area is 151 Å². The van der Waals surface area contributed by atoms with Crippen LogP contribution in [-0.4, -0.2) is 66.7 Å². The van der Waals surface area contributed by atoms with Crippen molar-refractivity contribution in [1.29, 1.82) is 0 Å². The van der Waals surface area contributed by atoms with Gasteiger partial charge in [0.1, 0.15) is 5.75 Å². The Morgan fingerprint density at radius 1 is 1.35 bits per heavy atom. The van der Waals surface area contributed by atoms with E-state index in [1.165, 1.54) is 4.90 Å². The maximum absolute atomic E-state index is 12.8. The number of rotatable bonds is 5. The molecule has 2 atom stereocenters. The van der Waals surface area contributed by atoms with Gasteiger partial charge >= 0.3 is 5.97 Å². The van der Waals surface area contributed by atoms with Crippen LogP contribution in [0.5, 0.6) is 5.75 Å². The summed E-state index contributed by atoms with van der Waals surface area (Å²) in [5.41, 5.74) is 0.631. The van der Waals surface area contributed by atoms with Crippen LogP contribution < -0.4 is 9.64 Å². The van der Waals surface area contributed by atoms with Crippen LogP contribution in [0.2, 0.25) is 0 Å². The summed E-state index contributed by atoms with van der Waals surface area (Å²) in [6.45, 7) is 3.03. The summed E-state index contributed by atoms with van der Waals surface area (Å²) in [6.07, 6.45) is 0.0585. The van der Waals surface area contributed by atoms with Crippen molar-refractivity contribution >= 4 is 23.5 Å². The number of morpholine rings is 1. The Balaban J connectivity index is 1.77. The number of carboxylic acids is 1. The van der Waals surface area contributed by atoms with Crippen molar-refractivity contribution in [1.82, 2.24) is 4.90 Å². The average molecular weight is 362 g/mol. The van der Waals surface area contributed by atoms with Crippen molar-refractivity contribution < 1.29 is 29.0 Å². The second-order valence-corrected chi connectivity index (χ2v) is 6.27. The minimum absolute atomic E-state index is 0.0291. The summed E-state index contributed by atoms with van der Waals surface area (Å²) in [4.78, 5) is 39.6. The number of para-hydroxylation sites is 2. The van der Waals surface area contributed by atoms with Crippen LogP contribution in [0.1, 0.15) is 13.3 Å². The van der Waals surface area contributed by atoms with E-state index < -0.39 is 17.9 Å². The fraction of sp³-hybridized carbons (Fsp3) is 0.500. The van der Waals surface area contributed by atoms with Gasteiger partial charge in [-0.3, -0.25) is 9.59 Å². The van der Waals surface area contributed by atoms with Crippen molar-refractivity contribution in [3.05, 3.63) is 24.3 Å². The van der Waals surface area contributed by atoms with Crippen LogP contribution in [-0.2, 0) is 19.1 Å². The fourth-order valence-corrected chi connectivity index (χ4v) is 3.37. The Morgan fingerprint density at radius 2 is 2.12 bits per heavy atom. The van der Waals surface area contributed by atoms with Crippen LogP contribution in [0.15, 0.2) is 24.3 Å². The van der Waals surface area contributed by atoms with Gasteiger partial charge in [-0.2, -0.15) is 0 Å². The molecule has 2 aliphatic rings. The molecule has 1 aromatic rings. The second-order valence-electron chi connectivity index (χ2n) is 6.27. The first-order chi connectivity index (χ1) is 12.5. The van der Waals surface area contributed by atoms with Gasteiger partial charge in [0.2, 0.25) is 11.8 Å². The Morgan fingerprint density at radius 3 is 2.85 bits per heavy atom. The molecule has 3 rings (SSSR count). The Hall–Kier alpha value is -2.61. The molecule has 26 heavy (non-hydrogen) atoms. The summed E-state index contributed by atoms with van der Waals surface area (Å²) < 4.78 is 10.7. The predicted molar refractivity (Wildman–Crippen MR) is 92.0 cm³/mol. The molecule has 2 aliphatic heterocycles. The molecule has 2 heterocycles. The quantitative estimate of drug-likeness (QED) is 0.830. The number of benzene rings is 1. The molecule has 0 spiro atoms. The van der Waals surface area contributed by atoms with E-state index in [9.17, 15) is 19.5 Å². The van der Waals surface area contributed by atoms with Crippen LogP contribution in [0.25, 0.3) is 0 Å². The van der Waals surface area contributed by atoms with Crippen molar-refractivity contribution in [3.8, 4) is 5.75 Å². The third-order valence-electron chi connectivity index (χ3n) is 4.63. The number of aliphatic carboxylic acids is 1. The van der Waals surface area contributed by atoms with E-state index in [0.29, 0.717) is 24.7 Å². The summed E-state index contributed by atoms with van der Waals surface area (Å²) in [5.74, 6) is -1.56. The maximum atomic E-state index is 12.8. The molecule has 0 unspecified atom stereocenters. The van der Waals surface area contributed by atoms with Crippen LogP contribution in [0.4, 0.5) is 5.69 Å². The van der Waals surface area contributed by atoms with E-state index in [2.05, 4.69) is 0 Å². The zero-order valence-corrected chi connectivity index (χ0v) is 14.6. The predicted octanol–water partition coefficient (Wildman–Crippen LogP) is 0.750. The maximum Gasteiger partial charge on any atom is 0.328 e. The molecule has 8 heteroatoms. The molecule has 2 amide bonds. The van der Waals surface area contributed by atoms with Gasteiger partial charge < -0.3 is 24.4 Å². The highest BCUT2D eigenvalue weighted by Crippen LogP contribution is 2.33. The second kappa shape index (κ2) is 7.74. The molecular formula is C18H22N2O6. The summed E-state index contributed by atoms with van der Waals surface area (Å²) >= 11 is 0. The van der Waals surface area contributed by atoms with Gasteiger partial charge in [-0.15, -0.1) is 0 Å². The Bertz CT molecular complexity index is 707. The van der Waals surface area contributed by atoms with Gasteiger partial charge in [0, 0.05) is 19.5 Å². The zero-order chi connectivity index (χ0) is 18.7. The highest BCUT2D eigenvalue weighted by atomic mass is 16.5. The summed E-state index contributed by atoms with van der Waals surface area (Å²) in [5, 5.41) is 9.31. The normalized spacial score (nSPS) is 23.2. The summed E-state index contributed by atoms with van der Waals surface area (Å²) in [6, 6.07) is 6.19.